The van der Waals surface area contributed by atoms with Crippen molar-refractivity contribution in [2.24, 2.45) is 0 Å². The number of benzene rings is 3. The zero-order valence-corrected chi connectivity index (χ0v) is 27.5. The van der Waals surface area contributed by atoms with Crippen molar-refractivity contribution in [1.82, 2.24) is 19.9 Å². The third-order valence-electron chi connectivity index (χ3n) is 9.41. The highest BCUT2D eigenvalue weighted by Crippen LogP contribution is 2.40. The number of aryl methyl sites for hydroxylation is 4. The first-order chi connectivity index (χ1) is 23.7. The fourth-order valence-corrected chi connectivity index (χ4v) is 7.37. The van der Waals surface area contributed by atoms with Crippen molar-refractivity contribution >= 4 is 45.3 Å². The Bertz CT molecular complexity index is 2630. The molecule has 5 heterocycles. The van der Waals surface area contributed by atoms with Crippen LogP contribution in [0.4, 0.5) is 0 Å². The van der Waals surface area contributed by atoms with E-state index in [4.69, 9.17) is 4.98 Å². The van der Waals surface area contributed by atoms with E-state index in [0.29, 0.717) is 5.56 Å². The largest absolute Gasteiger partial charge is 0.508 e. The Labute approximate surface area is 282 Å². The Morgan fingerprint density at radius 1 is 0.490 bits per heavy atom. The van der Waals surface area contributed by atoms with Gasteiger partial charge in [-0.2, -0.15) is 5.26 Å². The van der Waals surface area contributed by atoms with Crippen molar-refractivity contribution in [2.75, 3.05) is 0 Å². The minimum atomic E-state index is 0.226. The predicted molar refractivity (Wildman–Crippen MR) is 198 cm³/mol. The van der Waals surface area contributed by atoms with Gasteiger partial charge in [0.25, 0.3) is 0 Å². The molecule has 0 amide bonds. The molecule has 0 atom stereocenters. The monoisotopic (exact) mass is 639 g/mol. The summed E-state index contributed by atoms with van der Waals surface area (Å²) in [6.45, 7) is 8.05. The van der Waals surface area contributed by atoms with Crippen molar-refractivity contribution in [3.05, 3.63) is 124 Å². The fourth-order valence-electron chi connectivity index (χ4n) is 7.37. The standard InChI is InChI=1S/C42H33N5O2/c1-22-17-28(48)18-23(2)38(22)41-34-11-9-30(44-34)31-10-12-35(45-31)42(39-24(3)19-29(49)20-25(39)4)37-16-14-33(47-37)40(32-13-15-36(41)46-32)27-7-5-26(21-43)6-8-27/h5-20,44,46-49H,1-4H3. The second-order valence-electron chi connectivity index (χ2n) is 12.8. The second-order valence-corrected chi connectivity index (χ2v) is 12.8. The fraction of sp³-hybridized carbons (Fsp3) is 0.0952. The average molecular weight is 640 g/mol. The number of hydrogen-bond acceptors (Lipinski definition) is 4. The molecule has 238 valence electrons. The van der Waals surface area contributed by atoms with E-state index in [1.165, 1.54) is 0 Å². The Kier molecular flexibility index (Phi) is 6.90. The molecule has 0 aliphatic carbocycles. The molecule has 8 bridgehead atoms. The number of phenolic OH excluding ortho intramolecular Hbond substituents is 2. The Morgan fingerprint density at radius 2 is 0.898 bits per heavy atom. The Balaban J connectivity index is 1.58. The Hall–Kier alpha value is -6.52. The number of phenols is 2. The predicted octanol–water partition coefficient (Wildman–Crippen LogP) is 10.2. The number of aromatic nitrogens is 4. The average Bonchev–Trinajstić information content (AvgIpc) is 3.89. The van der Waals surface area contributed by atoms with Gasteiger partial charge in [0.15, 0.2) is 0 Å². The van der Waals surface area contributed by atoms with Crippen molar-refractivity contribution in [2.45, 2.75) is 27.7 Å². The summed E-state index contributed by atoms with van der Waals surface area (Å²) in [5.41, 5.74) is 17.2. The summed E-state index contributed by atoms with van der Waals surface area (Å²) in [6.07, 6.45) is 4.08. The number of rotatable bonds is 3. The van der Waals surface area contributed by atoms with Gasteiger partial charge in [-0.15, -0.1) is 0 Å². The van der Waals surface area contributed by atoms with E-state index < -0.39 is 0 Å². The number of nitrogens with zero attached hydrogens (tertiary/aromatic N) is 2. The maximum Gasteiger partial charge on any atom is 0.116 e. The molecule has 1 aliphatic heterocycles. The molecule has 1 aliphatic rings. The summed E-state index contributed by atoms with van der Waals surface area (Å²) >= 11 is 0. The zero-order valence-electron chi connectivity index (χ0n) is 27.5. The second kappa shape index (κ2) is 11.3. The molecule has 7 aromatic rings. The van der Waals surface area contributed by atoms with Crippen LogP contribution in [0, 0.1) is 39.0 Å². The van der Waals surface area contributed by atoms with Crippen LogP contribution >= 0.6 is 0 Å². The van der Waals surface area contributed by atoms with Crippen LogP contribution in [0.5, 0.6) is 11.5 Å². The number of fused-ring (bicyclic) bond motifs is 9. The van der Waals surface area contributed by atoms with Gasteiger partial charge in [-0.3, -0.25) is 0 Å². The molecule has 7 nitrogen and oxygen atoms in total. The normalized spacial score (nSPS) is 11.7. The van der Waals surface area contributed by atoms with Crippen LogP contribution in [0.3, 0.4) is 0 Å². The third-order valence-corrected chi connectivity index (χ3v) is 9.41. The molecule has 0 fully saturated rings. The number of H-pyrrole nitrogens is 3. The van der Waals surface area contributed by atoms with E-state index in [1.54, 1.807) is 24.3 Å². The molecule has 0 saturated heterocycles. The molecular formula is C42H33N5O2. The summed E-state index contributed by atoms with van der Waals surface area (Å²) < 4.78 is 0. The molecule has 49 heavy (non-hydrogen) atoms. The topological polar surface area (TPSA) is 125 Å². The number of hydrogen-bond donors (Lipinski definition) is 5. The molecule has 4 aromatic heterocycles. The maximum atomic E-state index is 10.4. The van der Waals surface area contributed by atoms with E-state index >= 15 is 0 Å². The van der Waals surface area contributed by atoms with Crippen molar-refractivity contribution < 1.29 is 10.2 Å². The van der Waals surface area contributed by atoms with E-state index in [1.807, 2.05) is 64.1 Å². The number of aromatic hydroxyl groups is 2. The van der Waals surface area contributed by atoms with E-state index in [0.717, 1.165) is 100 Å². The van der Waals surface area contributed by atoms with Crippen molar-refractivity contribution in [3.63, 3.8) is 0 Å². The first-order valence-corrected chi connectivity index (χ1v) is 16.1. The van der Waals surface area contributed by atoms with Crippen LogP contribution in [0.15, 0.2) is 84.9 Å². The zero-order chi connectivity index (χ0) is 34.0. The van der Waals surface area contributed by atoms with Gasteiger partial charge >= 0.3 is 0 Å². The smallest absolute Gasteiger partial charge is 0.116 e. The summed E-state index contributed by atoms with van der Waals surface area (Å²) in [6, 6.07) is 29.5. The van der Waals surface area contributed by atoms with Gasteiger partial charge in [0.2, 0.25) is 0 Å². The summed E-state index contributed by atoms with van der Waals surface area (Å²) in [4.78, 5) is 16.3. The number of nitriles is 1. The minimum absolute atomic E-state index is 0.226. The maximum absolute atomic E-state index is 10.4. The molecule has 5 N–H and O–H groups in total. The lowest BCUT2D eigenvalue weighted by atomic mass is 9.94. The van der Waals surface area contributed by atoms with Gasteiger partial charge in [-0.25, -0.2) is 4.98 Å². The molecule has 3 aromatic carbocycles. The quantitative estimate of drug-likeness (QED) is 0.132. The molecular weight excluding hydrogens is 606 g/mol. The van der Waals surface area contributed by atoms with Gasteiger partial charge in [-0.05, 0) is 152 Å². The highest BCUT2D eigenvalue weighted by atomic mass is 16.3. The summed E-state index contributed by atoms with van der Waals surface area (Å²) in [7, 11) is 0. The highest BCUT2D eigenvalue weighted by molar-refractivity contribution is 6.01. The first-order valence-electron chi connectivity index (χ1n) is 16.1. The van der Waals surface area contributed by atoms with E-state index in [9.17, 15) is 15.5 Å². The van der Waals surface area contributed by atoms with Gasteiger partial charge in [0.05, 0.1) is 28.5 Å². The minimum Gasteiger partial charge on any atom is -0.508 e. The molecule has 0 radical (unpaired) electrons. The Morgan fingerprint density at radius 3 is 1.41 bits per heavy atom. The van der Waals surface area contributed by atoms with Gasteiger partial charge in [0.1, 0.15) is 11.5 Å². The van der Waals surface area contributed by atoms with Crippen LogP contribution in [0.2, 0.25) is 0 Å². The molecule has 8 rings (SSSR count). The summed E-state index contributed by atoms with van der Waals surface area (Å²) in [5, 5.41) is 30.4. The number of nitrogens with one attached hydrogen (secondary N) is 3. The summed E-state index contributed by atoms with van der Waals surface area (Å²) in [5.74, 6) is 0.457. The third kappa shape index (κ3) is 5.02. The van der Waals surface area contributed by atoms with Crippen LogP contribution in [0.1, 0.15) is 39.2 Å². The van der Waals surface area contributed by atoms with Crippen molar-refractivity contribution in [3.8, 4) is 50.9 Å². The van der Waals surface area contributed by atoms with Crippen LogP contribution in [0.25, 0.3) is 78.6 Å². The van der Waals surface area contributed by atoms with Gasteiger partial charge < -0.3 is 25.2 Å². The SMILES string of the molecule is Cc1cc(O)cc(C)c1-c1c2nc(c3ccc([nH]3)c(-c3c(C)cc(O)cc3C)c3ccc([nH]3)c(-c3ccc(C#N)cc3)c3ccc1[nH]3)C=C2. The molecule has 0 unspecified atom stereocenters. The first kappa shape index (κ1) is 29.9. The van der Waals surface area contributed by atoms with E-state index in [2.05, 4.69) is 57.4 Å². The lowest BCUT2D eigenvalue weighted by molar-refractivity contribution is 0.474. The van der Waals surface area contributed by atoms with Gasteiger partial charge in [0, 0.05) is 44.3 Å². The van der Waals surface area contributed by atoms with E-state index in [-0.39, 0.29) is 11.5 Å². The van der Waals surface area contributed by atoms with Gasteiger partial charge in [-0.1, -0.05) is 12.1 Å². The van der Waals surface area contributed by atoms with Crippen molar-refractivity contribution in [1.29, 1.82) is 5.26 Å². The van der Waals surface area contributed by atoms with Crippen LogP contribution in [-0.2, 0) is 0 Å². The molecule has 7 heteroatoms. The van der Waals surface area contributed by atoms with Crippen LogP contribution in [-0.4, -0.2) is 30.1 Å². The molecule has 0 saturated carbocycles. The van der Waals surface area contributed by atoms with Crippen LogP contribution < -0.4 is 0 Å². The number of aromatic amines is 3. The highest BCUT2D eigenvalue weighted by Gasteiger charge is 2.19. The lowest BCUT2D eigenvalue weighted by Gasteiger charge is -2.12. The lowest BCUT2D eigenvalue weighted by Crippen LogP contribution is -1.92. The molecule has 0 spiro atoms.